The minimum absolute atomic E-state index is 0.0543. The third-order valence-corrected chi connectivity index (χ3v) is 4.14. The molecule has 0 saturated carbocycles. The van der Waals surface area contributed by atoms with E-state index in [1.165, 1.54) is 0 Å². The van der Waals surface area contributed by atoms with Gasteiger partial charge in [0.1, 0.15) is 18.0 Å². The number of esters is 1. The molecule has 2 rings (SSSR count). The van der Waals surface area contributed by atoms with E-state index in [-0.39, 0.29) is 13.0 Å². The Hall–Kier alpha value is -2.89. The van der Waals surface area contributed by atoms with Crippen LogP contribution in [0.3, 0.4) is 0 Å². The van der Waals surface area contributed by atoms with Crippen LogP contribution in [0.1, 0.15) is 49.8 Å². The summed E-state index contributed by atoms with van der Waals surface area (Å²) >= 11 is 0. The normalized spacial score (nSPS) is 12.3. The maximum absolute atomic E-state index is 12.3. The zero-order chi connectivity index (χ0) is 20.7. The highest BCUT2D eigenvalue weighted by molar-refractivity contribution is 5.71. The number of aryl methyl sites for hydroxylation is 1. The first-order valence-electron chi connectivity index (χ1n) is 9.25. The van der Waals surface area contributed by atoms with Crippen molar-refractivity contribution >= 4 is 5.97 Å². The lowest BCUT2D eigenvalue weighted by atomic mass is 9.91. The zero-order valence-electron chi connectivity index (χ0n) is 16.8. The fourth-order valence-corrected chi connectivity index (χ4v) is 2.93. The van der Waals surface area contributed by atoms with Gasteiger partial charge in [-0.15, -0.1) is 0 Å². The van der Waals surface area contributed by atoms with Crippen LogP contribution >= 0.6 is 0 Å². The molecule has 0 aliphatic rings. The van der Waals surface area contributed by atoms with Crippen LogP contribution in [0.5, 0.6) is 5.75 Å². The van der Waals surface area contributed by atoms with E-state index in [9.17, 15) is 14.9 Å². The first kappa shape index (κ1) is 21.4. The predicted molar refractivity (Wildman–Crippen MR) is 107 cm³/mol. The molecule has 1 unspecified atom stereocenters. The van der Waals surface area contributed by atoms with Crippen molar-refractivity contribution in [3.63, 3.8) is 0 Å². The molecule has 0 aromatic heterocycles. The van der Waals surface area contributed by atoms with Gasteiger partial charge < -0.3 is 9.47 Å². The fourth-order valence-electron chi connectivity index (χ4n) is 2.93. The van der Waals surface area contributed by atoms with E-state index in [1.54, 1.807) is 26.8 Å². The summed E-state index contributed by atoms with van der Waals surface area (Å²) in [5.41, 5.74) is 2.00. The molecule has 28 heavy (non-hydrogen) atoms. The van der Waals surface area contributed by atoms with Crippen LogP contribution < -0.4 is 4.74 Å². The summed E-state index contributed by atoms with van der Waals surface area (Å²) < 4.78 is 11.2. The number of rotatable bonds is 8. The molecular weight excluding hydrogens is 358 g/mol. The quantitative estimate of drug-likeness (QED) is 0.375. The molecule has 2 aromatic carbocycles. The number of hydrogen-bond acceptors (Lipinski definition) is 5. The Morgan fingerprint density at radius 3 is 2.43 bits per heavy atom. The first-order chi connectivity index (χ1) is 13.1. The van der Waals surface area contributed by atoms with Crippen molar-refractivity contribution < 1.29 is 19.2 Å². The molecule has 0 N–H and O–H groups in total. The van der Waals surface area contributed by atoms with E-state index in [2.05, 4.69) is 0 Å². The molecule has 6 heteroatoms. The summed E-state index contributed by atoms with van der Waals surface area (Å²) in [7, 11) is 0. The van der Waals surface area contributed by atoms with Crippen molar-refractivity contribution in [2.45, 2.75) is 52.2 Å². The monoisotopic (exact) mass is 385 g/mol. The molecule has 0 spiro atoms. The predicted octanol–water partition coefficient (Wildman–Crippen LogP) is 4.67. The number of carbonyl (C=O) groups excluding carboxylic acids is 1. The molecule has 0 aliphatic heterocycles. The number of ether oxygens (including phenoxy) is 2. The van der Waals surface area contributed by atoms with E-state index in [4.69, 9.17) is 9.47 Å². The number of hydrogen-bond donors (Lipinski definition) is 0. The summed E-state index contributed by atoms with van der Waals surface area (Å²) in [4.78, 5) is 23.0. The minimum atomic E-state index is -0.633. The van der Waals surface area contributed by atoms with E-state index < -0.39 is 22.4 Å². The van der Waals surface area contributed by atoms with Gasteiger partial charge in [0.05, 0.1) is 12.3 Å². The van der Waals surface area contributed by atoms with Crippen LogP contribution in [0.15, 0.2) is 48.5 Å². The molecule has 0 heterocycles. The van der Waals surface area contributed by atoms with Gasteiger partial charge in [0.25, 0.3) is 0 Å². The van der Waals surface area contributed by atoms with Crippen LogP contribution in [0.2, 0.25) is 0 Å². The zero-order valence-corrected chi connectivity index (χ0v) is 16.8. The van der Waals surface area contributed by atoms with Crippen LogP contribution in [0, 0.1) is 17.0 Å². The average Bonchev–Trinajstić information content (AvgIpc) is 2.59. The minimum Gasteiger partial charge on any atom is -0.489 e. The highest BCUT2D eigenvalue weighted by Crippen LogP contribution is 2.29. The van der Waals surface area contributed by atoms with Gasteiger partial charge in [-0.2, -0.15) is 0 Å². The van der Waals surface area contributed by atoms with Crippen LogP contribution in [0.25, 0.3) is 0 Å². The van der Waals surface area contributed by atoms with Crippen LogP contribution in [0.4, 0.5) is 0 Å². The van der Waals surface area contributed by atoms with Gasteiger partial charge in [-0.3, -0.25) is 14.9 Å². The molecule has 2 aromatic rings. The van der Waals surface area contributed by atoms with E-state index in [0.29, 0.717) is 12.4 Å². The standard InChI is InChI=1S/C22H27NO5/c1-16-10-11-19(27-15-17-8-6-5-7-9-17)13-20(16)18(14-23(25)26)12-21(24)28-22(2,3)4/h5-11,13,18H,12,14-15H2,1-4H3. The highest BCUT2D eigenvalue weighted by atomic mass is 16.6. The molecule has 0 radical (unpaired) electrons. The molecular formula is C22H27NO5. The number of nitrogens with zero attached hydrogens (tertiary/aromatic N) is 1. The largest absolute Gasteiger partial charge is 0.489 e. The second kappa shape index (κ2) is 9.35. The lowest BCUT2D eigenvalue weighted by Gasteiger charge is -2.22. The molecule has 0 saturated heterocycles. The third-order valence-electron chi connectivity index (χ3n) is 4.14. The van der Waals surface area contributed by atoms with Gasteiger partial charge in [0.15, 0.2) is 0 Å². The Morgan fingerprint density at radius 2 is 1.82 bits per heavy atom. The van der Waals surface area contributed by atoms with Gasteiger partial charge in [-0.1, -0.05) is 36.4 Å². The van der Waals surface area contributed by atoms with Gasteiger partial charge >= 0.3 is 5.97 Å². The summed E-state index contributed by atoms with van der Waals surface area (Å²) in [6.45, 7) is 7.25. The van der Waals surface area contributed by atoms with Crippen molar-refractivity contribution in [2.75, 3.05) is 6.54 Å². The topological polar surface area (TPSA) is 78.7 Å². The average molecular weight is 385 g/mol. The second-order valence-corrected chi connectivity index (χ2v) is 7.80. The van der Waals surface area contributed by atoms with Crippen molar-refractivity contribution in [3.05, 3.63) is 75.3 Å². The summed E-state index contributed by atoms with van der Waals surface area (Å²) in [6, 6.07) is 15.2. The molecule has 1 atom stereocenters. The summed E-state index contributed by atoms with van der Waals surface area (Å²) in [5, 5.41) is 11.2. The molecule has 150 valence electrons. The van der Waals surface area contributed by atoms with Gasteiger partial charge in [-0.05, 0) is 56.5 Å². The Kier molecular flexibility index (Phi) is 7.15. The van der Waals surface area contributed by atoms with Crippen molar-refractivity contribution in [1.29, 1.82) is 0 Å². The molecule has 6 nitrogen and oxygen atoms in total. The van der Waals surface area contributed by atoms with Gasteiger partial charge in [0.2, 0.25) is 6.54 Å². The third kappa shape index (κ3) is 7.02. The molecule has 0 aliphatic carbocycles. The van der Waals surface area contributed by atoms with E-state index >= 15 is 0 Å². The van der Waals surface area contributed by atoms with Crippen molar-refractivity contribution in [2.24, 2.45) is 0 Å². The second-order valence-electron chi connectivity index (χ2n) is 7.80. The maximum atomic E-state index is 12.3. The molecule has 0 amide bonds. The van der Waals surface area contributed by atoms with Gasteiger partial charge in [0, 0.05) is 4.92 Å². The number of nitro groups is 1. The smallest absolute Gasteiger partial charge is 0.307 e. The lowest BCUT2D eigenvalue weighted by molar-refractivity contribution is -0.483. The lowest BCUT2D eigenvalue weighted by Crippen LogP contribution is -2.26. The van der Waals surface area contributed by atoms with E-state index in [0.717, 1.165) is 16.7 Å². The number of benzene rings is 2. The Balaban J connectivity index is 2.19. The van der Waals surface area contributed by atoms with E-state index in [1.807, 2.05) is 49.4 Å². The van der Waals surface area contributed by atoms with Crippen LogP contribution in [-0.4, -0.2) is 23.0 Å². The molecule has 0 fully saturated rings. The first-order valence-corrected chi connectivity index (χ1v) is 9.25. The van der Waals surface area contributed by atoms with Crippen LogP contribution in [-0.2, 0) is 16.1 Å². The van der Waals surface area contributed by atoms with Crippen molar-refractivity contribution in [3.8, 4) is 5.75 Å². The number of carbonyl (C=O) groups is 1. The maximum Gasteiger partial charge on any atom is 0.307 e. The van der Waals surface area contributed by atoms with Crippen molar-refractivity contribution in [1.82, 2.24) is 0 Å². The molecule has 0 bridgehead atoms. The Labute approximate surface area is 165 Å². The van der Waals surface area contributed by atoms with Gasteiger partial charge in [-0.25, -0.2) is 0 Å². The Bertz CT molecular complexity index is 811. The summed E-state index contributed by atoms with van der Waals surface area (Å²) in [5.74, 6) is -0.415. The SMILES string of the molecule is Cc1ccc(OCc2ccccc2)cc1C(CC(=O)OC(C)(C)C)C[N+](=O)[O-]. The fraction of sp³-hybridized carbons (Fsp3) is 0.409. The Morgan fingerprint density at radius 1 is 1.14 bits per heavy atom. The summed E-state index contributed by atoms with van der Waals surface area (Å²) in [6.07, 6.45) is -0.0543. The highest BCUT2D eigenvalue weighted by Gasteiger charge is 2.26.